The highest BCUT2D eigenvalue weighted by atomic mass is 19.4. The van der Waals surface area contributed by atoms with Crippen LogP contribution in [0.1, 0.15) is 34.5 Å². The Morgan fingerprint density at radius 2 is 1.95 bits per heavy atom. The molecule has 0 saturated heterocycles. The Morgan fingerprint density at radius 1 is 1.27 bits per heavy atom. The van der Waals surface area contributed by atoms with Crippen molar-refractivity contribution in [3.8, 4) is 0 Å². The van der Waals surface area contributed by atoms with Crippen molar-refractivity contribution >= 4 is 5.91 Å². The van der Waals surface area contributed by atoms with E-state index in [0.717, 1.165) is 18.4 Å². The Hall–Kier alpha value is -2.31. The van der Waals surface area contributed by atoms with E-state index in [2.05, 4.69) is 15.5 Å². The molecule has 2 N–H and O–H groups in total. The summed E-state index contributed by atoms with van der Waals surface area (Å²) in [5.41, 5.74) is -0.656. The Morgan fingerprint density at radius 3 is 2.55 bits per heavy atom. The number of carbonyl (C=O) groups is 1. The van der Waals surface area contributed by atoms with Crippen LogP contribution in [0, 0.1) is 0 Å². The summed E-state index contributed by atoms with van der Waals surface area (Å²) in [5, 5.41) is 8.04. The fraction of sp³-hybridized carbons (Fsp3) is 0.333. The van der Waals surface area contributed by atoms with Crippen LogP contribution in [0.2, 0.25) is 0 Å². The fourth-order valence-corrected chi connectivity index (χ4v) is 2.52. The number of hydrogen-bond donors (Lipinski definition) is 2. The largest absolute Gasteiger partial charge is 0.420 e. The Balaban J connectivity index is 1.70. The van der Waals surface area contributed by atoms with E-state index in [1.54, 1.807) is 0 Å². The van der Waals surface area contributed by atoms with Crippen molar-refractivity contribution < 1.29 is 18.0 Å². The van der Waals surface area contributed by atoms with Crippen LogP contribution in [0.15, 0.2) is 36.5 Å². The summed E-state index contributed by atoms with van der Waals surface area (Å²) >= 11 is 0. The number of hydrogen-bond acceptors (Lipinski definition) is 2. The minimum absolute atomic E-state index is 0.157. The van der Waals surface area contributed by atoms with Gasteiger partial charge >= 0.3 is 6.18 Å². The third-order valence-electron chi connectivity index (χ3n) is 4.00. The number of halogens is 3. The lowest BCUT2D eigenvalue weighted by atomic mass is 9.96. The zero-order valence-corrected chi connectivity index (χ0v) is 11.6. The van der Waals surface area contributed by atoms with E-state index in [9.17, 15) is 18.0 Å². The van der Waals surface area contributed by atoms with E-state index >= 15 is 0 Å². The molecule has 4 nitrogen and oxygen atoms in total. The second-order valence-electron chi connectivity index (χ2n) is 5.49. The van der Waals surface area contributed by atoms with Crippen LogP contribution in [0.3, 0.4) is 0 Å². The number of nitrogens with one attached hydrogen (secondary N) is 2. The van der Waals surface area contributed by atoms with Crippen molar-refractivity contribution in [2.75, 3.05) is 6.54 Å². The summed E-state index contributed by atoms with van der Waals surface area (Å²) < 4.78 is 38.3. The summed E-state index contributed by atoms with van der Waals surface area (Å²) in [6.07, 6.45) is -2.16. The van der Waals surface area contributed by atoms with Crippen molar-refractivity contribution in [1.82, 2.24) is 15.5 Å². The van der Waals surface area contributed by atoms with Gasteiger partial charge in [-0.25, -0.2) is 0 Å². The summed E-state index contributed by atoms with van der Waals surface area (Å²) in [6.45, 7) is 0.312. The van der Waals surface area contributed by atoms with Gasteiger partial charge in [0, 0.05) is 12.0 Å². The molecule has 1 aromatic carbocycles. The van der Waals surface area contributed by atoms with Crippen LogP contribution in [-0.2, 0) is 11.6 Å². The highest BCUT2D eigenvalue weighted by molar-refractivity contribution is 5.93. The van der Waals surface area contributed by atoms with Gasteiger partial charge in [-0.2, -0.15) is 18.3 Å². The molecule has 2 aromatic rings. The molecule has 1 fully saturated rings. The number of aromatic amines is 1. The van der Waals surface area contributed by atoms with Gasteiger partial charge in [0.2, 0.25) is 0 Å². The lowest BCUT2D eigenvalue weighted by molar-refractivity contribution is -0.137. The summed E-state index contributed by atoms with van der Waals surface area (Å²) in [5.74, 6) is -0.785. The van der Waals surface area contributed by atoms with Crippen molar-refractivity contribution in [3.05, 3.63) is 53.3 Å². The van der Waals surface area contributed by atoms with Gasteiger partial charge in [0.1, 0.15) is 11.3 Å². The van der Waals surface area contributed by atoms with Crippen LogP contribution in [-0.4, -0.2) is 22.6 Å². The van der Waals surface area contributed by atoms with Crippen molar-refractivity contribution in [2.24, 2.45) is 0 Å². The third kappa shape index (κ3) is 2.70. The Kier molecular flexibility index (Phi) is 3.42. The molecule has 1 heterocycles. The first kappa shape index (κ1) is 14.6. The number of H-pyrrole nitrogens is 1. The zero-order valence-electron chi connectivity index (χ0n) is 11.6. The summed E-state index contributed by atoms with van der Waals surface area (Å²) in [4.78, 5) is 12.0. The van der Waals surface area contributed by atoms with Crippen molar-refractivity contribution in [1.29, 1.82) is 0 Å². The molecule has 1 aromatic heterocycles. The quantitative estimate of drug-likeness (QED) is 0.912. The molecule has 1 saturated carbocycles. The first-order valence-electron chi connectivity index (χ1n) is 6.87. The van der Waals surface area contributed by atoms with E-state index in [4.69, 9.17) is 0 Å². The molecule has 0 atom stereocenters. The number of amides is 1. The molecular weight excluding hydrogens is 295 g/mol. The van der Waals surface area contributed by atoms with Crippen LogP contribution >= 0.6 is 0 Å². The van der Waals surface area contributed by atoms with E-state index in [-0.39, 0.29) is 5.41 Å². The van der Waals surface area contributed by atoms with Gasteiger partial charge in [-0.05, 0) is 18.4 Å². The minimum atomic E-state index is -4.60. The lowest BCUT2D eigenvalue weighted by Gasteiger charge is -2.16. The monoisotopic (exact) mass is 309 g/mol. The Bertz CT molecular complexity index is 675. The van der Waals surface area contributed by atoms with Crippen LogP contribution in [0.4, 0.5) is 13.2 Å². The maximum absolute atomic E-state index is 12.8. The van der Waals surface area contributed by atoms with Gasteiger partial charge in [0.05, 0.1) is 6.20 Å². The number of aromatic nitrogens is 2. The predicted molar refractivity (Wildman–Crippen MR) is 73.3 cm³/mol. The second-order valence-corrected chi connectivity index (χ2v) is 5.49. The second kappa shape index (κ2) is 5.15. The normalized spacial score (nSPS) is 16.3. The molecular formula is C15H14F3N3O. The van der Waals surface area contributed by atoms with Crippen LogP contribution < -0.4 is 5.32 Å². The molecule has 0 spiro atoms. The maximum Gasteiger partial charge on any atom is 0.420 e. The van der Waals surface area contributed by atoms with Gasteiger partial charge in [-0.1, -0.05) is 30.3 Å². The molecule has 0 bridgehead atoms. The first-order chi connectivity index (χ1) is 10.4. The SMILES string of the molecule is O=C(NCC1(c2ccccc2)CC1)c1[nH]ncc1C(F)(F)F. The maximum atomic E-state index is 12.8. The average molecular weight is 309 g/mol. The molecule has 1 aliphatic rings. The van der Waals surface area contributed by atoms with Crippen molar-refractivity contribution in [3.63, 3.8) is 0 Å². The van der Waals surface area contributed by atoms with E-state index in [0.29, 0.717) is 12.7 Å². The molecule has 7 heteroatoms. The van der Waals surface area contributed by atoms with E-state index in [1.807, 2.05) is 30.3 Å². The van der Waals surface area contributed by atoms with Gasteiger partial charge < -0.3 is 5.32 Å². The van der Waals surface area contributed by atoms with Gasteiger partial charge in [0.25, 0.3) is 5.91 Å². The smallest absolute Gasteiger partial charge is 0.350 e. The molecule has 22 heavy (non-hydrogen) atoms. The number of benzene rings is 1. The summed E-state index contributed by atoms with van der Waals surface area (Å²) in [7, 11) is 0. The van der Waals surface area contributed by atoms with E-state index < -0.39 is 23.3 Å². The van der Waals surface area contributed by atoms with Crippen LogP contribution in [0.5, 0.6) is 0 Å². The summed E-state index contributed by atoms with van der Waals surface area (Å²) in [6, 6.07) is 9.66. The Labute approximate surface area is 124 Å². The number of alkyl halides is 3. The minimum Gasteiger partial charge on any atom is -0.350 e. The molecule has 0 radical (unpaired) electrons. The topological polar surface area (TPSA) is 57.8 Å². The highest BCUT2D eigenvalue weighted by Crippen LogP contribution is 2.47. The third-order valence-corrected chi connectivity index (χ3v) is 4.00. The average Bonchev–Trinajstić information content (AvgIpc) is 3.10. The van der Waals surface area contributed by atoms with E-state index in [1.165, 1.54) is 0 Å². The number of carbonyl (C=O) groups excluding carboxylic acids is 1. The highest BCUT2D eigenvalue weighted by Gasteiger charge is 2.44. The molecule has 0 unspecified atom stereocenters. The van der Waals surface area contributed by atoms with Crippen LogP contribution in [0.25, 0.3) is 0 Å². The number of nitrogens with zero attached hydrogens (tertiary/aromatic N) is 1. The molecule has 1 aliphatic carbocycles. The molecule has 1 amide bonds. The zero-order chi connectivity index (χ0) is 15.8. The lowest BCUT2D eigenvalue weighted by Crippen LogP contribution is -2.33. The fourth-order valence-electron chi connectivity index (χ4n) is 2.52. The number of rotatable bonds is 4. The van der Waals surface area contributed by atoms with Crippen molar-refractivity contribution in [2.45, 2.75) is 24.4 Å². The molecule has 116 valence electrons. The predicted octanol–water partition coefficient (Wildman–Crippen LogP) is 2.89. The molecule has 0 aliphatic heterocycles. The first-order valence-corrected chi connectivity index (χ1v) is 6.87. The molecule has 3 rings (SSSR count). The van der Waals surface area contributed by atoms with Gasteiger partial charge in [-0.3, -0.25) is 9.89 Å². The van der Waals surface area contributed by atoms with Gasteiger partial charge in [-0.15, -0.1) is 0 Å². The van der Waals surface area contributed by atoms with Gasteiger partial charge in [0.15, 0.2) is 0 Å². The standard InChI is InChI=1S/C15H14F3N3O/c16-15(17,18)11-8-20-21-12(11)13(22)19-9-14(6-7-14)10-4-2-1-3-5-10/h1-5,8H,6-7,9H2,(H,19,22)(H,20,21).